The summed E-state index contributed by atoms with van der Waals surface area (Å²) in [6.45, 7) is 18.5. The molecule has 0 saturated heterocycles. The zero-order valence-electron chi connectivity index (χ0n) is 29.0. The topological polar surface area (TPSA) is 33.2 Å². The molecule has 4 nitrogen and oxygen atoms in total. The van der Waals surface area contributed by atoms with Gasteiger partial charge in [0.1, 0.15) is 24.5 Å². The SMILES string of the molecule is CC(C)c1cccc(C(C)C)c1N=C(Nc1c(C(C)C)cccc1C(C)C)c1n(C2CCCCC2)cc[n+]1C1CCCCC1. The van der Waals surface area contributed by atoms with Gasteiger partial charge in [-0.25, -0.2) is 14.1 Å². The van der Waals surface area contributed by atoms with E-state index in [0.717, 1.165) is 11.5 Å². The number of nitrogens with one attached hydrogen (secondary N) is 1. The van der Waals surface area contributed by atoms with E-state index >= 15 is 0 Å². The van der Waals surface area contributed by atoms with Crippen molar-refractivity contribution in [3.05, 3.63) is 76.9 Å². The second kappa shape index (κ2) is 14.5. The number of aromatic nitrogens is 2. The van der Waals surface area contributed by atoms with Gasteiger partial charge in [0.2, 0.25) is 5.84 Å². The average Bonchev–Trinajstić information content (AvgIpc) is 3.46. The van der Waals surface area contributed by atoms with Crippen molar-refractivity contribution in [1.82, 2.24) is 4.57 Å². The van der Waals surface area contributed by atoms with E-state index in [4.69, 9.17) is 4.99 Å². The molecule has 2 aromatic carbocycles. The van der Waals surface area contributed by atoms with Gasteiger partial charge in [-0.2, -0.15) is 0 Å². The van der Waals surface area contributed by atoms with Gasteiger partial charge in [0.15, 0.2) is 0 Å². The van der Waals surface area contributed by atoms with Crippen LogP contribution < -0.4 is 9.88 Å². The van der Waals surface area contributed by atoms with Crippen LogP contribution in [-0.2, 0) is 0 Å². The summed E-state index contributed by atoms with van der Waals surface area (Å²) in [5.41, 5.74) is 7.79. The standard InChI is InChI=1S/C40H59N4/c1-27(2)33-21-15-22-34(28(3)4)37(33)41-39(42-38-35(29(5)6)23-16-24-36(38)30(7)8)40-43(31-17-11-9-12-18-31)25-26-44(40)32-19-13-10-14-20-32/h15-16,21-32H,9-14,17-20H2,1-8H3,(H,41,42)/q+1. The molecule has 2 saturated carbocycles. The van der Waals surface area contributed by atoms with Crippen LogP contribution >= 0.6 is 0 Å². The number of aliphatic imine (C=N–C) groups is 1. The minimum Gasteiger partial charge on any atom is -0.333 e. The molecule has 0 bridgehead atoms. The first-order chi connectivity index (χ1) is 21.2. The number of nitrogens with zero attached hydrogens (tertiary/aromatic N) is 3. The lowest BCUT2D eigenvalue weighted by Gasteiger charge is -2.26. The van der Waals surface area contributed by atoms with Gasteiger partial charge in [0.05, 0.1) is 5.69 Å². The third kappa shape index (κ3) is 7.00. The lowest BCUT2D eigenvalue weighted by atomic mass is 9.92. The van der Waals surface area contributed by atoms with Crippen molar-refractivity contribution >= 4 is 17.2 Å². The number of benzene rings is 2. The Kier molecular flexibility index (Phi) is 10.7. The molecule has 0 radical (unpaired) electrons. The van der Waals surface area contributed by atoms with E-state index in [1.165, 1.54) is 98.0 Å². The lowest BCUT2D eigenvalue weighted by Crippen LogP contribution is -2.47. The van der Waals surface area contributed by atoms with Crippen LogP contribution in [0.15, 0.2) is 53.8 Å². The fourth-order valence-corrected chi connectivity index (χ4v) is 7.67. The van der Waals surface area contributed by atoms with Gasteiger partial charge < -0.3 is 5.32 Å². The van der Waals surface area contributed by atoms with Crippen molar-refractivity contribution in [3.63, 3.8) is 0 Å². The maximum atomic E-state index is 5.81. The molecule has 4 heteroatoms. The first-order valence-corrected chi connectivity index (χ1v) is 17.9. The second-order valence-corrected chi connectivity index (χ2v) is 14.8. The van der Waals surface area contributed by atoms with Gasteiger partial charge in [-0.05, 0) is 97.3 Å². The van der Waals surface area contributed by atoms with Crippen LogP contribution in [-0.4, -0.2) is 10.4 Å². The summed E-state index contributed by atoms with van der Waals surface area (Å²) in [5, 5.41) is 4.13. The summed E-state index contributed by atoms with van der Waals surface area (Å²) in [5.74, 6) is 3.86. The highest BCUT2D eigenvalue weighted by Crippen LogP contribution is 2.38. The molecule has 0 aliphatic heterocycles. The summed E-state index contributed by atoms with van der Waals surface area (Å²) < 4.78 is 5.25. The Labute approximate surface area is 268 Å². The van der Waals surface area contributed by atoms with Crippen molar-refractivity contribution in [2.24, 2.45) is 4.99 Å². The van der Waals surface area contributed by atoms with Crippen LogP contribution in [0, 0.1) is 0 Å². The van der Waals surface area contributed by atoms with E-state index in [1.807, 2.05) is 0 Å². The van der Waals surface area contributed by atoms with E-state index in [1.54, 1.807) is 0 Å². The quantitative estimate of drug-likeness (QED) is 0.149. The van der Waals surface area contributed by atoms with Crippen LogP contribution in [0.4, 0.5) is 11.4 Å². The Bertz CT molecular complexity index is 1320. The molecule has 0 unspecified atom stereocenters. The van der Waals surface area contributed by atoms with Crippen molar-refractivity contribution < 1.29 is 4.57 Å². The molecule has 1 aromatic heterocycles. The molecule has 0 amide bonds. The minimum atomic E-state index is 0.387. The van der Waals surface area contributed by atoms with E-state index < -0.39 is 0 Å². The van der Waals surface area contributed by atoms with Gasteiger partial charge in [-0.1, -0.05) is 105 Å². The summed E-state index contributed by atoms with van der Waals surface area (Å²) in [4.78, 5) is 5.81. The lowest BCUT2D eigenvalue weighted by molar-refractivity contribution is -0.726. The molecule has 0 atom stereocenters. The summed E-state index contributed by atoms with van der Waals surface area (Å²) in [6, 6.07) is 14.7. The van der Waals surface area contributed by atoms with E-state index in [2.05, 4.69) is 119 Å². The Morgan fingerprint density at radius 2 is 1.16 bits per heavy atom. The highest BCUT2D eigenvalue weighted by molar-refractivity contribution is 6.07. The van der Waals surface area contributed by atoms with Gasteiger partial charge in [-0.15, -0.1) is 0 Å². The summed E-state index contributed by atoms with van der Waals surface area (Å²) >= 11 is 0. The number of hydrogen-bond acceptors (Lipinski definition) is 1. The maximum Gasteiger partial charge on any atom is 0.325 e. The molecular formula is C40H59N4+. The maximum absolute atomic E-state index is 5.81. The number of imidazole rings is 1. The van der Waals surface area contributed by atoms with Gasteiger partial charge in [-0.3, -0.25) is 0 Å². The van der Waals surface area contributed by atoms with Crippen molar-refractivity contribution in [2.45, 2.75) is 155 Å². The fourth-order valence-electron chi connectivity index (χ4n) is 7.67. The molecule has 2 aliphatic carbocycles. The zero-order chi connectivity index (χ0) is 31.4. The van der Waals surface area contributed by atoms with Crippen molar-refractivity contribution in [3.8, 4) is 0 Å². The Hall–Kier alpha value is -2.88. The monoisotopic (exact) mass is 595 g/mol. The molecule has 1 heterocycles. The van der Waals surface area contributed by atoms with Gasteiger partial charge >= 0.3 is 5.82 Å². The number of anilines is 1. The largest absolute Gasteiger partial charge is 0.333 e. The van der Waals surface area contributed by atoms with E-state index in [-0.39, 0.29) is 0 Å². The summed E-state index contributed by atoms with van der Waals surface area (Å²) in [6.07, 6.45) is 17.7. The molecule has 2 aliphatic rings. The van der Waals surface area contributed by atoms with Crippen molar-refractivity contribution in [2.75, 3.05) is 5.32 Å². The minimum absolute atomic E-state index is 0.387. The Morgan fingerprint density at radius 3 is 1.66 bits per heavy atom. The van der Waals surface area contributed by atoms with Crippen LogP contribution in [0.5, 0.6) is 0 Å². The highest BCUT2D eigenvalue weighted by Gasteiger charge is 2.35. The average molecular weight is 596 g/mol. The molecule has 44 heavy (non-hydrogen) atoms. The number of hydrogen-bond donors (Lipinski definition) is 1. The molecule has 3 aromatic rings. The summed E-state index contributed by atoms with van der Waals surface area (Å²) in [7, 11) is 0. The second-order valence-electron chi connectivity index (χ2n) is 14.8. The number of rotatable bonds is 9. The van der Waals surface area contributed by atoms with E-state index in [9.17, 15) is 0 Å². The molecule has 1 N–H and O–H groups in total. The van der Waals surface area contributed by atoms with Crippen LogP contribution in [0.2, 0.25) is 0 Å². The predicted molar refractivity (Wildman–Crippen MR) is 188 cm³/mol. The number of para-hydroxylation sites is 2. The zero-order valence-corrected chi connectivity index (χ0v) is 29.0. The smallest absolute Gasteiger partial charge is 0.325 e. The predicted octanol–water partition coefficient (Wildman–Crippen LogP) is 11.5. The Balaban J connectivity index is 1.81. The highest BCUT2D eigenvalue weighted by atomic mass is 15.2. The first kappa shape index (κ1) is 32.5. The third-order valence-electron chi connectivity index (χ3n) is 10.2. The van der Waals surface area contributed by atoms with Crippen LogP contribution in [0.1, 0.15) is 183 Å². The molecule has 5 rings (SSSR count). The third-order valence-corrected chi connectivity index (χ3v) is 10.2. The normalized spacial score (nSPS) is 17.4. The fraction of sp³-hybridized carbons (Fsp3) is 0.600. The Morgan fingerprint density at radius 1 is 0.682 bits per heavy atom. The van der Waals surface area contributed by atoms with Crippen molar-refractivity contribution in [1.29, 1.82) is 0 Å². The van der Waals surface area contributed by atoms with Crippen LogP contribution in [0.25, 0.3) is 0 Å². The number of amidine groups is 1. The molecular weight excluding hydrogens is 536 g/mol. The first-order valence-electron chi connectivity index (χ1n) is 17.9. The molecule has 238 valence electrons. The van der Waals surface area contributed by atoms with Crippen LogP contribution in [0.3, 0.4) is 0 Å². The van der Waals surface area contributed by atoms with Gasteiger partial charge in [0, 0.05) is 5.69 Å². The molecule has 2 fully saturated rings. The van der Waals surface area contributed by atoms with E-state index in [0.29, 0.717) is 35.8 Å². The van der Waals surface area contributed by atoms with Gasteiger partial charge in [0.25, 0.3) is 0 Å². The molecule has 0 spiro atoms.